The molecule has 0 bridgehead atoms. The number of hydrogen-bond acceptors (Lipinski definition) is 4. The maximum atomic E-state index is 10.9. The Balaban J connectivity index is 2.80. The highest BCUT2D eigenvalue weighted by Gasteiger charge is 2.09. The SMILES string of the molecule is COCC(C)C=COc1cc(C(=O)O)ccc1OC. The summed E-state index contributed by atoms with van der Waals surface area (Å²) >= 11 is 0. The lowest BCUT2D eigenvalue weighted by Crippen LogP contribution is -2.01. The minimum Gasteiger partial charge on any atom is -0.493 e. The Bertz CT molecular complexity index is 453. The first-order valence-corrected chi connectivity index (χ1v) is 5.82. The summed E-state index contributed by atoms with van der Waals surface area (Å²) in [7, 11) is 3.13. The van der Waals surface area contributed by atoms with Crippen LogP contribution in [0.1, 0.15) is 17.3 Å². The summed E-state index contributed by atoms with van der Waals surface area (Å²) in [5.41, 5.74) is 0.147. The molecule has 104 valence electrons. The highest BCUT2D eigenvalue weighted by molar-refractivity contribution is 5.88. The lowest BCUT2D eigenvalue weighted by Gasteiger charge is -2.09. The number of aromatic carboxylic acids is 1. The van der Waals surface area contributed by atoms with Crippen molar-refractivity contribution in [1.82, 2.24) is 0 Å². The Kier molecular flexibility index (Phi) is 5.89. The Labute approximate surface area is 112 Å². The van der Waals surface area contributed by atoms with Crippen LogP contribution in [0.15, 0.2) is 30.5 Å². The third-order valence-electron chi connectivity index (χ3n) is 2.44. The second kappa shape index (κ2) is 7.43. The summed E-state index contributed by atoms with van der Waals surface area (Å²) in [6, 6.07) is 4.45. The molecule has 0 saturated carbocycles. The Morgan fingerprint density at radius 3 is 2.68 bits per heavy atom. The predicted molar refractivity (Wildman–Crippen MR) is 70.8 cm³/mol. The van der Waals surface area contributed by atoms with Gasteiger partial charge in [-0.25, -0.2) is 4.79 Å². The van der Waals surface area contributed by atoms with E-state index in [1.54, 1.807) is 13.2 Å². The van der Waals surface area contributed by atoms with Gasteiger partial charge in [0.05, 0.1) is 25.5 Å². The maximum absolute atomic E-state index is 10.9. The molecule has 0 spiro atoms. The van der Waals surface area contributed by atoms with Crippen LogP contribution in [0, 0.1) is 5.92 Å². The molecule has 0 radical (unpaired) electrons. The van der Waals surface area contributed by atoms with Gasteiger partial charge in [0.15, 0.2) is 11.5 Å². The molecule has 1 aromatic rings. The number of methoxy groups -OCH3 is 2. The first-order chi connectivity index (χ1) is 9.08. The third kappa shape index (κ3) is 4.63. The van der Waals surface area contributed by atoms with E-state index in [0.29, 0.717) is 18.1 Å². The zero-order valence-corrected chi connectivity index (χ0v) is 11.3. The smallest absolute Gasteiger partial charge is 0.335 e. The minimum absolute atomic E-state index is 0.147. The van der Waals surface area contributed by atoms with Crippen LogP contribution in [0.5, 0.6) is 11.5 Å². The van der Waals surface area contributed by atoms with Crippen molar-refractivity contribution in [3.05, 3.63) is 36.1 Å². The van der Waals surface area contributed by atoms with Crippen molar-refractivity contribution in [3.8, 4) is 11.5 Å². The zero-order valence-electron chi connectivity index (χ0n) is 11.3. The van der Waals surface area contributed by atoms with Gasteiger partial charge in [0, 0.05) is 13.0 Å². The van der Waals surface area contributed by atoms with Crippen LogP contribution in [0.3, 0.4) is 0 Å². The fourth-order valence-electron chi connectivity index (χ4n) is 1.47. The second-order valence-corrected chi connectivity index (χ2v) is 4.05. The van der Waals surface area contributed by atoms with Gasteiger partial charge in [-0.3, -0.25) is 0 Å². The summed E-state index contributed by atoms with van der Waals surface area (Å²) in [5, 5.41) is 8.93. The zero-order chi connectivity index (χ0) is 14.3. The number of hydrogen-bond donors (Lipinski definition) is 1. The number of benzene rings is 1. The summed E-state index contributed by atoms with van der Waals surface area (Å²) in [4.78, 5) is 10.9. The average molecular weight is 266 g/mol. The lowest BCUT2D eigenvalue weighted by molar-refractivity contribution is 0.0696. The highest BCUT2D eigenvalue weighted by atomic mass is 16.5. The largest absolute Gasteiger partial charge is 0.493 e. The molecule has 0 aromatic heterocycles. The molecule has 0 aliphatic carbocycles. The van der Waals surface area contributed by atoms with Gasteiger partial charge in [-0.05, 0) is 24.3 Å². The molecule has 0 saturated heterocycles. The predicted octanol–water partition coefficient (Wildman–Crippen LogP) is 2.57. The molecule has 1 N–H and O–H groups in total. The topological polar surface area (TPSA) is 65.0 Å². The van der Waals surface area contributed by atoms with Gasteiger partial charge in [0.2, 0.25) is 0 Å². The van der Waals surface area contributed by atoms with Crippen LogP contribution in [0.2, 0.25) is 0 Å². The van der Waals surface area contributed by atoms with E-state index in [-0.39, 0.29) is 11.5 Å². The van der Waals surface area contributed by atoms with Gasteiger partial charge in [-0.1, -0.05) is 6.92 Å². The van der Waals surface area contributed by atoms with Gasteiger partial charge in [0.25, 0.3) is 0 Å². The van der Waals surface area contributed by atoms with Crippen molar-refractivity contribution in [3.63, 3.8) is 0 Å². The normalized spacial score (nSPS) is 12.4. The van der Waals surface area contributed by atoms with Crippen molar-refractivity contribution in [2.45, 2.75) is 6.92 Å². The van der Waals surface area contributed by atoms with Gasteiger partial charge in [-0.15, -0.1) is 0 Å². The van der Waals surface area contributed by atoms with E-state index in [2.05, 4.69) is 0 Å². The third-order valence-corrected chi connectivity index (χ3v) is 2.44. The molecule has 0 heterocycles. The van der Waals surface area contributed by atoms with Gasteiger partial charge < -0.3 is 19.3 Å². The molecule has 0 fully saturated rings. The fraction of sp³-hybridized carbons (Fsp3) is 0.357. The molecule has 0 aliphatic rings. The summed E-state index contributed by atoms with van der Waals surface area (Å²) in [6.07, 6.45) is 3.34. The molecule has 19 heavy (non-hydrogen) atoms. The molecule has 1 rings (SSSR count). The van der Waals surface area contributed by atoms with E-state index in [4.69, 9.17) is 19.3 Å². The monoisotopic (exact) mass is 266 g/mol. The van der Waals surface area contributed by atoms with E-state index in [9.17, 15) is 4.79 Å². The Morgan fingerprint density at radius 1 is 1.37 bits per heavy atom. The number of carbonyl (C=O) groups is 1. The molecule has 1 atom stereocenters. The van der Waals surface area contributed by atoms with Gasteiger partial charge in [-0.2, -0.15) is 0 Å². The van der Waals surface area contributed by atoms with Crippen molar-refractivity contribution < 1.29 is 24.1 Å². The summed E-state index contributed by atoms with van der Waals surface area (Å²) < 4.78 is 15.5. The first-order valence-electron chi connectivity index (χ1n) is 5.82. The van der Waals surface area contributed by atoms with E-state index < -0.39 is 5.97 Å². The van der Waals surface area contributed by atoms with Crippen LogP contribution in [0.4, 0.5) is 0 Å². The second-order valence-electron chi connectivity index (χ2n) is 4.05. The molecule has 1 unspecified atom stereocenters. The van der Waals surface area contributed by atoms with Crippen molar-refractivity contribution in [1.29, 1.82) is 0 Å². The Morgan fingerprint density at radius 2 is 2.11 bits per heavy atom. The first kappa shape index (κ1) is 15.0. The maximum Gasteiger partial charge on any atom is 0.335 e. The fourth-order valence-corrected chi connectivity index (χ4v) is 1.47. The molecule has 0 amide bonds. The molecular weight excluding hydrogens is 248 g/mol. The standard InChI is InChI=1S/C14H18O5/c1-10(9-17-2)6-7-19-13-8-11(14(15)16)4-5-12(13)18-3/h4-8,10H,9H2,1-3H3,(H,15,16). The quantitative estimate of drug-likeness (QED) is 0.768. The van der Waals surface area contributed by atoms with E-state index in [0.717, 1.165) is 0 Å². The van der Waals surface area contributed by atoms with Gasteiger partial charge >= 0.3 is 5.97 Å². The minimum atomic E-state index is -1.01. The van der Waals surface area contributed by atoms with Crippen molar-refractivity contribution in [2.75, 3.05) is 20.8 Å². The van der Waals surface area contributed by atoms with Crippen molar-refractivity contribution in [2.24, 2.45) is 5.92 Å². The van der Waals surface area contributed by atoms with E-state index in [1.165, 1.54) is 25.5 Å². The Hall–Kier alpha value is -2.01. The number of carboxylic acid groups (broad SMARTS) is 1. The van der Waals surface area contributed by atoms with Crippen LogP contribution >= 0.6 is 0 Å². The lowest BCUT2D eigenvalue weighted by atomic mass is 10.2. The summed E-state index contributed by atoms with van der Waals surface area (Å²) in [5.74, 6) is 0.0418. The highest BCUT2D eigenvalue weighted by Crippen LogP contribution is 2.28. The van der Waals surface area contributed by atoms with Crippen LogP contribution in [-0.4, -0.2) is 31.9 Å². The number of ether oxygens (including phenoxy) is 3. The van der Waals surface area contributed by atoms with Crippen molar-refractivity contribution >= 4 is 5.97 Å². The van der Waals surface area contributed by atoms with E-state index >= 15 is 0 Å². The molecule has 5 heteroatoms. The average Bonchev–Trinajstić information content (AvgIpc) is 2.38. The van der Waals surface area contributed by atoms with Crippen LogP contribution in [0.25, 0.3) is 0 Å². The molecule has 0 aliphatic heterocycles. The van der Waals surface area contributed by atoms with Crippen LogP contribution < -0.4 is 9.47 Å². The number of rotatable bonds is 7. The molecule has 1 aromatic carbocycles. The molecule has 5 nitrogen and oxygen atoms in total. The number of carboxylic acids is 1. The van der Waals surface area contributed by atoms with Crippen LogP contribution in [-0.2, 0) is 4.74 Å². The van der Waals surface area contributed by atoms with E-state index in [1.807, 2.05) is 13.0 Å². The molecular formula is C14H18O5. The van der Waals surface area contributed by atoms with Gasteiger partial charge in [0.1, 0.15) is 0 Å². The summed E-state index contributed by atoms with van der Waals surface area (Å²) in [6.45, 7) is 2.57.